The first kappa shape index (κ1) is 12.6. The van der Waals surface area contributed by atoms with Crippen molar-refractivity contribution in [1.29, 1.82) is 0 Å². The number of benzene rings is 1. The van der Waals surface area contributed by atoms with Gasteiger partial charge in [0.1, 0.15) is 11.8 Å². The topological polar surface area (TPSA) is 71.7 Å². The molecule has 0 saturated heterocycles. The van der Waals surface area contributed by atoms with E-state index >= 15 is 0 Å². The maximum Gasteiger partial charge on any atom is 0.255 e. The minimum absolute atomic E-state index is 0.171. The molecule has 5 heteroatoms. The Morgan fingerprint density at radius 1 is 1.50 bits per heavy atom. The summed E-state index contributed by atoms with van der Waals surface area (Å²) in [6.45, 7) is 0.0907. The van der Waals surface area contributed by atoms with Crippen LogP contribution in [-0.2, 0) is 4.74 Å². The summed E-state index contributed by atoms with van der Waals surface area (Å²) in [5, 5.41) is 12.5. The molecule has 0 aliphatic heterocycles. The van der Waals surface area contributed by atoms with E-state index in [-0.39, 0.29) is 19.1 Å². The molecule has 18 heavy (non-hydrogen) atoms. The zero-order chi connectivity index (χ0) is 13.0. The van der Waals surface area contributed by atoms with Gasteiger partial charge in [-0.25, -0.2) is 0 Å². The highest BCUT2D eigenvalue weighted by Gasteiger charge is 2.16. The van der Waals surface area contributed by atoms with E-state index in [9.17, 15) is 4.79 Å². The van der Waals surface area contributed by atoms with Gasteiger partial charge in [-0.15, -0.1) is 0 Å². The normalized spacial score (nSPS) is 12.6. The molecule has 5 nitrogen and oxygen atoms in total. The predicted octanol–water partition coefficient (Wildman–Crippen LogP) is 1.17. The number of nitrogens with one attached hydrogen (secondary N) is 1. The fourth-order valence-corrected chi connectivity index (χ4v) is 1.76. The van der Waals surface area contributed by atoms with Crippen molar-refractivity contribution >= 4 is 16.9 Å². The molecule has 1 aromatic heterocycles. The third-order valence-electron chi connectivity index (χ3n) is 2.65. The minimum Gasteiger partial charge on any atom is -0.463 e. The second-order valence-corrected chi connectivity index (χ2v) is 3.95. The molecule has 0 radical (unpaired) electrons. The van der Waals surface area contributed by atoms with Crippen LogP contribution >= 0.6 is 0 Å². The molecule has 1 unspecified atom stereocenters. The van der Waals surface area contributed by atoms with Gasteiger partial charge in [-0.1, -0.05) is 18.2 Å². The number of carbonyl (C=O) groups excluding carboxylic acids is 1. The lowest BCUT2D eigenvalue weighted by Crippen LogP contribution is -2.40. The lowest BCUT2D eigenvalue weighted by molar-refractivity contribution is 0.0840. The number of ether oxygens (including phenoxy) is 1. The minimum atomic E-state index is -0.420. The molecule has 1 heterocycles. The zero-order valence-electron chi connectivity index (χ0n) is 10.1. The number of hydrogen-bond acceptors (Lipinski definition) is 4. The molecular formula is C13H15NO4. The Hall–Kier alpha value is -1.85. The van der Waals surface area contributed by atoms with Gasteiger partial charge in [-0.3, -0.25) is 4.79 Å². The van der Waals surface area contributed by atoms with Gasteiger partial charge in [0.25, 0.3) is 5.91 Å². The standard InChI is InChI=1S/C13H15NO4/c1-17-7-9(6-15)14-13(16)11-8-18-12-5-3-2-4-10(11)12/h2-5,8-9,15H,6-7H2,1H3,(H,14,16). The van der Waals surface area contributed by atoms with Gasteiger partial charge >= 0.3 is 0 Å². The highest BCUT2D eigenvalue weighted by atomic mass is 16.5. The third-order valence-corrected chi connectivity index (χ3v) is 2.65. The van der Waals surface area contributed by atoms with E-state index in [4.69, 9.17) is 14.3 Å². The Labute approximate surface area is 104 Å². The summed E-state index contributed by atoms with van der Waals surface area (Å²) >= 11 is 0. The second-order valence-electron chi connectivity index (χ2n) is 3.95. The fourth-order valence-electron chi connectivity index (χ4n) is 1.76. The molecule has 0 bridgehead atoms. The van der Waals surface area contributed by atoms with Gasteiger partial charge in [-0.2, -0.15) is 0 Å². The number of aliphatic hydroxyl groups is 1. The van der Waals surface area contributed by atoms with Crippen molar-refractivity contribution in [1.82, 2.24) is 5.32 Å². The Kier molecular flexibility index (Phi) is 3.96. The van der Waals surface area contributed by atoms with Gasteiger partial charge in [-0.05, 0) is 6.07 Å². The van der Waals surface area contributed by atoms with Crippen LogP contribution in [0.4, 0.5) is 0 Å². The Balaban J connectivity index is 2.18. The van der Waals surface area contributed by atoms with E-state index < -0.39 is 6.04 Å². The van der Waals surface area contributed by atoms with Gasteiger partial charge in [0.05, 0.1) is 24.8 Å². The first-order valence-corrected chi connectivity index (χ1v) is 5.63. The number of methoxy groups -OCH3 is 1. The highest BCUT2D eigenvalue weighted by Crippen LogP contribution is 2.20. The van der Waals surface area contributed by atoms with E-state index in [1.807, 2.05) is 18.2 Å². The van der Waals surface area contributed by atoms with Crippen molar-refractivity contribution < 1.29 is 19.1 Å². The number of carbonyl (C=O) groups is 1. The molecule has 96 valence electrons. The molecule has 0 fully saturated rings. The first-order chi connectivity index (χ1) is 8.76. The lowest BCUT2D eigenvalue weighted by atomic mass is 10.1. The summed E-state index contributed by atoms with van der Waals surface area (Å²) in [5.74, 6) is -0.281. The summed E-state index contributed by atoms with van der Waals surface area (Å²) in [4.78, 5) is 12.0. The third kappa shape index (κ3) is 2.52. The van der Waals surface area contributed by atoms with Crippen LogP contribution in [0.1, 0.15) is 10.4 Å². The number of amides is 1. The summed E-state index contributed by atoms with van der Waals surface area (Å²) in [7, 11) is 1.52. The fraction of sp³-hybridized carbons (Fsp3) is 0.308. The van der Waals surface area contributed by atoms with E-state index in [0.29, 0.717) is 11.1 Å². The van der Waals surface area contributed by atoms with Crippen LogP contribution in [0, 0.1) is 0 Å². The summed E-state index contributed by atoms with van der Waals surface area (Å²) < 4.78 is 10.2. The lowest BCUT2D eigenvalue weighted by Gasteiger charge is -2.14. The summed E-state index contributed by atoms with van der Waals surface area (Å²) in [5.41, 5.74) is 1.12. The van der Waals surface area contributed by atoms with Crippen LogP contribution in [0.25, 0.3) is 11.0 Å². The molecule has 1 atom stereocenters. The van der Waals surface area contributed by atoms with Crippen LogP contribution in [0.3, 0.4) is 0 Å². The molecule has 2 rings (SSSR count). The quantitative estimate of drug-likeness (QED) is 0.834. The summed E-state index contributed by atoms with van der Waals surface area (Å²) in [6.07, 6.45) is 1.42. The number of para-hydroxylation sites is 1. The highest BCUT2D eigenvalue weighted by molar-refractivity contribution is 6.05. The maximum atomic E-state index is 12.0. The Bertz CT molecular complexity index is 535. The Morgan fingerprint density at radius 3 is 3.00 bits per heavy atom. The monoisotopic (exact) mass is 249 g/mol. The molecule has 0 spiro atoms. The molecule has 0 aliphatic carbocycles. The van der Waals surface area contributed by atoms with Crippen LogP contribution in [-0.4, -0.2) is 37.4 Å². The van der Waals surface area contributed by atoms with Crippen LogP contribution in [0.5, 0.6) is 0 Å². The average Bonchev–Trinajstić information content (AvgIpc) is 2.82. The molecule has 0 saturated carbocycles. The van der Waals surface area contributed by atoms with E-state index in [2.05, 4.69) is 5.32 Å². The molecule has 0 aliphatic rings. The average molecular weight is 249 g/mol. The molecular weight excluding hydrogens is 234 g/mol. The van der Waals surface area contributed by atoms with Crippen molar-refractivity contribution in [3.63, 3.8) is 0 Å². The van der Waals surface area contributed by atoms with E-state index in [0.717, 1.165) is 5.39 Å². The maximum absolute atomic E-state index is 12.0. The number of rotatable bonds is 5. The first-order valence-electron chi connectivity index (χ1n) is 5.63. The summed E-state index contributed by atoms with van der Waals surface area (Å²) in [6, 6.07) is 6.88. The molecule has 1 amide bonds. The number of furan rings is 1. The largest absolute Gasteiger partial charge is 0.463 e. The van der Waals surface area contributed by atoms with Gasteiger partial charge in [0, 0.05) is 12.5 Å². The van der Waals surface area contributed by atoms with Crippen molar-refractivity contribution in [3.05, 3.63) is 36.1 Å². The van der Waals surface area contributed by atoms with E-state index in [1.54, 1.807) is 6.07 Å². The van der Waals surface area contributed by atoms with Gasteiger partial charge in [0.15, 0.2) is 0 Å². The van der Waals surface area contributed by atoms with Crippen molar-refractivity contribution in [3.8, 4) is 0 Å². The predicted molar refractivity (Wildman–Crippen MR) is 66.4 cm³/mol. The Morgan fingerprint density at radius 2 is 2.28 bits per heavy atom. The molecule has 1 aromatic carbocycles. The zero-order valence-corrected chi connectivity index (χ0v) is 10.1. The van der Waals surface area contributed by atoms with Crippen molar-refractivity contribution in [2.24, 2.45) is 0 Å². The second kappa shape index (κ2) is 5.66. The molecule has 2 N–H and O–H groups in total. The van der Waals surface area contributed by atoms with Crippen molar-refractivity contribution in [2.45, 2.75) is 6.04 Å². The van der Waals surface area contributed by atoms with Gasteiger partial charge in [0.2, 0.25) is 0 Å². The van der Waals surface area contributed by atoms with Crippen LogP contribution in [0.2, 0.25) is 0 Å². The number of aliphatic hydroxyl groups excluding tert-OH is 1. The van der Waals surface area contributed by atoms with Crippen molar-refractivity contribution in [2.75, 3.05) is 20.3 Å². The number of hydrogen-bond donors (Lipinski definition) is 2. The smallest absolute Gasteiger partial charge is 0.255 e. The van der Waals surface area contributed by atoms with E-state index in [1.165, 1.54) is 13.4 Å². The SMILES string of the molecule is COCC(CO)NC(=O)c1coc2ccccc12. The molecule has 2 aromatic rings. The number of fused-ring (bicyclic) bond motifs is 1. The van der Waals surface area contributed by atoms with Crippen LogP contribution < -0.4 is 5.32 Å². The van der Waals surface area contributed by atoms with Crippen LogP contribution in [0.15, 0.2) is 34.9 Å². The van der Waals surface area contributed by atoms with Gasteiger partial charge < -0.3 is 19.6 Å².